The summed E-state index contributed by atoms with van der Waals surface area (Å²) in [6, 6.07) is 8.09. The zero-order valence-corrected chi connectivity index (χ0v) is 11.8. The highest BCUT2D eigenvalue weighted by atomic mass is 16.4. The van der Waals surface area contributed by atoms with Crippen molar-refractivity contribution in [1.29, 1.82) is 0 Å². The third-order valence-electron chi connectivity index (χ3n) is 3.96. The lowest BCUT2D eigenvalue weighted by atomic mass is 9.82. The molecule has 0 aromatic heterocycles. The number of amides is 1. The van der Waals surface area contributed by atoms with Crippen molar-refractivity contribution in [1.82, 2.24) is 4.90 Å². The first-order valence-electron chi connectivity index (χ1n) is 7.22. The maximum atomic E-state index is 12.6. The average Bonchev–Trinajstić information content (AvgIpc) is 2.46. The molecule has 1 aromatic carbocycles. The number of aryl methyl sites for hydroxylation is 1. The summed E-state index contributed by atoms with van der Waals surface area (Å²) in [7, 11) is 0. The van der Waals surface area contributed by atoms with Crippen molar-refractivity contribution in [2.24, 2.45) is 0 Å². The maximum Gasteiger partial charge on any atom is 0.305 e. The van der Waals surface area contributed by atoms with Gasteiger partial charge in [-0.15, -0.1) is 0 Å². The number of carbonyl (C=O) groups excluding carboxylic acids is 1. The van der Waals surface area contributed by atoms with Gasteiger partial charge in [-0.25, -0.2) is 0 Å². The molecule has 0 spiro atoms. The van der Waals surface area contributed by atoms with Gasteiger partial charge >= 0.3 is 5.97 Å². The molecule has 20 heavy (non-hydrogen) atoms. The van der Waals surface area contributed by atoms with Crippen LogP contribution in [0.4, 0.5) is 0 Å². The zero-order chi connectivity index (χ0) is 14.5. The van der Waals surface area contributed by atoms with Gasteiger partial charge < -0.3 is 10.0 Å². The van der Waals surface area contributed by atoms with E-state index >= 15 is 0 Å². The quantitative estimate of drug-likeness (QED) is 0.898. The molecule has 4 nitrogen and oxygen atoms in total. The summed E-state index contributed by atoms with van der Waals surface area (Å²) in [5.41, 5.74) is 2.38. The van der Waals surface area contributed by atoms with Gasteiger partial charge in [-0.3, -0.25) is 9.59 Å². The van der Waals surface area contributed by atoms with Gasteiger partial charge in [0, 0.05) is 13.1 Å². The molecule has 4 heteroatoms. The van der Waals surface area contributed by atoms with E-state index in [0.717, 1.165) is 24.8 Å². The van der Waals surface area contributed by atoms with Crippen LogP contribution in [0.5, 0.6) is 0 Å². The van der Waals surface area contributed by atoms with Crippen molar-refractivity contribution in [3.05, 3.63) is 35.4 Å². The monoisotopic (exact) mass is 275 g/mol. The fraction of sp³-hybridized carbons (Fsp3) is 0.500. The van der Waals surface area contributed by atoms with Crippen molar-refractivity contribution < 1.29 is 14.7 Å². The smallest absolute Gasteiger partial charge is 0.305 e. The molecule has 0 radical (unpaired) electrons. The fourth-order valence-electron chi connectivity index (χ4n) is 2.89. The Morgan fingerprint density at radius 2 is 2.10 bits per heavy atom. The Balaban J connectivity index is 2.14. The van der Waals surface area contributed by atoms with Gasteiger partial charge in [-0.05, 0) is 37.3 Å². The van der Waals surface area contributed by atoms with E-state index in [2.05, 4.69) is 6.07 Å². The number of carboxylic acid groups (broad SMARTS) is 1. The van der Waals surface area contributed by atoms with Crippen LogP contribution in [-0.2, 0) is 16.0 Å². The number of nitrogens with zero attached hydrogens (tertiary/aromatic N) is 1. The van der Waals surface area contributed by atoms with Crippen molar-refractivity contribution in [2.45, 2.75) is 38.5 Å². The molecule has 1 amide bonds. The standard InChI is InChI=1S/C16H21NO3/c1-2-17(11-10-15(18)19)16(20)14-9-5-7-12-6-3-4-8-13(12)14/h3-4,6,8,14H,2,5,7,9-11H2,1H3,(H,18,19). The minimum absolute atomic E-state index is 0.00788. The lowest BCUT2D eigenvalue weighted by Crippen LogP contribution is -2.37. The Kier molecular flexibility index (Phi) is 4.77. The minimum atomic E-state index is -0.861. The van der Waals surface area contributed by atoms with Crippen LogP contribution in [0.2, 0.25) is 0 Å². The predicted molar refractivity (Wildman–Crippen MR) is 76.6 cm³/mol. The van der Waals surface area contributed by atoms with E-state index in [4.69, 9.17) is 5.11 Å². The van der Waals surface area contributed by atoms with E-state index < -0.39 is 5.97 Å². The Labute approximate surface area is 119 Å². The summed E-state index contributed by atoms with van der Waals surface area (Å²) in [4.78, 5) is 25.0. The number of rotatable bonds is 5. The fourth-order valence-corrected chi connectivity index (χ4v) is 2.89. The zero-order valence-electron chi connectivity index (χ0n) is 11.8. The number of carboxylic acids is 1. The lowest BCUT2D eigenvalue weighted by Gasteiger charge is -2.30. The van der Waals surface area contributed by atoms with Crippen LogP contribution < -0.4 is 0 Å². The molecule has 1 N–H and O–H groups in total. The highest BCUT2D eigenvalue weighted by Gasteiger charge is 2.29. The molecule has 1 unspecified atom stereocenters. The SMILES string of the molecule is CCN(CCC(=O)O)C(=O)C1CCCc2ccccc21. The van der Waals surface area contributed by atoms with Gasteiger partial charge in [0.1, 0.15) is 0 Å². The maximum absolute atomic E-state index is 12.6. The topological polar surface area (TPSA) is 57.6 Å². The second kappa shape index (κ2) is 6.55. The molecule has 0 saturated heterocycles. The van der Waals surface area contributed by atoms with Crippen LogP contribution >= 0.6 is 0 Å². The molecule has 0 bridgehead atoms. The average molecular weight is 275 g/mol. The van der Waals surface area contributed by atoms with E-state index in [1.54, 1.807) is 4.90 Å². The molecule has 1 atom stereocenters. The number of hydrogen-bond acceptors (Lipinski definition) is 2. The van der Waals surface area contributed by atoms with Gasteiger partial charge in [0.25, 0.3) is 0 Å². The summed E-state index contributed by atoms with van der Waals surface area (Å²) >= 11 is 0. The first kappa shape index (κ1) is 14.6. The summed E-state index contributed by atoms with van der Waals surface area (Å²) in [6.07, 6.45) is 2.92. The summed E-state index contributed by atoms with van der Waals surface area (Å²) in [6.45, 7) is 2.75. The van der Waals surface area contributed by atoms with Crippen LogP contribution in [0.1, 0.15) is 43.2 Å². The van der Waals surface area contributed by atoms with Crippen LogP contribution in [0, 0.1) is 0 Å². The van der Waals surface area contributed by atoms with Gasteiger partial charge in [-0.2, -0.15) is 0 Å². The highest BCUT2D eigenvalue weighted by Crippen LogP contribution is 2.32. The Morgan fingerprint density at radius 1 is 1.35 bits per heavy atom. The molecule has 1 aromatic rings. The highest BCUT2D eigenvalue weighted by molar-refractivity contribution is 5.84. The predicted octanol–water partition coefficient (Wildman–Crippen LogP) is 2.43. The van der Waals surface area contributed by atoms with Crippen molar-refractivity contribution in [3.8, 4) is 0 Å². The Morgan fingerprint density at radius 3 is 2.80 bits per heavy atom. The van der Waals surface area contributed by atoms with Crippen LogP contribution in [0.25, 0.3) is 0 Å². The molecule has 0 heterocycles. The van der Waals surface area contributed by atoms with Gasteiger partial charge in [0.15, 0.2) is 0 Å². The normalized spacial score (nSPS) is 17.4. The summed E-state index contributed by atoms with van der Waals surface area (Å²) < 4.78 is 0. The van der Waals surface area contributed by atoms with Crippen LogP contribution in [-0.4, -0.2) is 35.0 Å². The third kappa shape index (κ3) is 3.18. The van der Waals surface area contributed by atoms with Crippen LogP contribution in [0.3, 0.4) is 0 Å². The van der Waals surface area contributed by atoms with Crippen LogP contribution in [0.15, 0.2) is 24.3 Å². The molecule has 1 aliphatic rings. The van der Waals surface area contributed by atoms with Crippen molar-refractivity contribution >= 4 is 11.9 Å². The Bertz CT molecular complexity index is 498. The number of likely N-dealkylation sites (N-methyl/N-ethyl adjacent to an activating group) is 1. The second-order valence-electron chi connectivity index (χ2n) is 5.21. The van der Waals surface area contributed by atoms with Gasteiger partial charge in [0.2, 0.25) is 5.91 Å². The summed E-state index contributed by atoms with van der Waals surface area (Å²) in [5, 5.41) is 8.77. The molecule has 0 aliphatic heterocycles. The number of hydrogen-bond donors (Lipinski definition) is 1. The van der Waals surface area contributed by atoms with Crippen molar-refractivity contribution in [3.63, 3.8) is 0 Å². The minimum Gasteiger partial charge on any atom is -0.481 e. The molecule has 0 saturated carbocycles. The summed E-state index contributed by atoms with van der Waals surface area (Å²) in [5.74, 6) is -0.894. The largest absolute Gasteiger partial charge is 0.481 e. The van der Waals surface area contributed by atoms with E-state index in [0.29, 0.717) is 13.1 Å². The first-order chi connectivity index (χ1) is 9.63. The number of aliphatic carboxylic acids is 1. The molecule has 2 rings (SSSR count). The number of carbonyl (C=O) groups is 2. The Hall–Kier alpha value is -1.84. The van der Waals surface area contributed by atoms with Crippen molar-refractivity contribution in [2.75, 3.05) is 13.1 Å². The molecular formula is C16H21NO3. The van der Waals surface area contributed by atoms with Gasteiger partial charge in [-0.1, -0.05) is 24.3 Å². The second-order valence-corrected chi connectivity index (χ2v) is 5.21. The number of benzene rings is 1. The van der Waals surface area contributed by atoms with E-state index in [-0.39, 0.29) is 18.2 Å². The third-order valence-corrected chi connectivity index (χ3v) is 3.96. The first-order valence-corrected chi connectivity index (χ1v) is 7.22. The molecular weight excluding hydrogens is 254 g/mol. The van der Waals surface area contributed by atoms with E-state index in [1.165, 1.54) is 5.56 Å². The van der Waals surface area contributed by atoms with Gasteiger partial charge in [0.05, 0.1) is 12.3 Å². The molecule has 108 valence electrons. The lowest BCUT2D eigenvalue weighted by molar-refractivity contribution is -0.138. The molecule has 1 aliphatic carbocycles. The number of fused-ring (bicyclic) bond motifs is 1. The van der Waals surface area contributed by atoms with E-state index in [9.17, 15) is 9.59 Å². The van der Waals surface area contributed by atoms with E-state index in [1.807, 2.05) is 25.1 Å². The molecule has 0 fully saturated rings.